The van der Waals surface area contributed by atoms with Crippen LogP contribution in [0.3, 0.4) is 0 Å². The predicted molar refractivity (Wildman–Crippen MR) is 107 cm³/mol. The predicted octanol–water partition coefficient (Wildman–Crippen LogP) is 3.31. The number of benzene rings is 2. The van der Waals surface area contributed by atoms with Crippen LogP contribution < -0.4 is 10.6 Å². The lowest BCUT2D eigenvalue weighted by Crippen LogP contribution is -2.38. The molecule has 0 amide bonds. The first-order chi connectivity index (χ1) is 12.7. The van der Waals surface area contributed by atoms with E-state index < -0.39 is 0 Å². The van der Waals surface area contributed by atoms with E-state index in [0.717, 1.165) is 18.4 Å². The molecule has 136 valence electrons. The van der Waals surface area contributed by atoms with Crippen molar-refractivity contribution in [2.75, 3.05) is 13.2 Å². The lowest BCUT2D eigenvalue weighted by atomic mass is 10.1. The minimum Gasteiger partial charge on any atom is -0.464 e. The molecule has 0 aromatic heterocycles. The molecule has 4 nitrogen and oxygen atoms in total. The number of carbonyl (C=O) groups excluding carboxylic acids is 1. The molecule has 5 heteroatoms. The van der Waals surface area contributed by atoms with Gasteiger partial charge < -0.3 is 15.4 Å². The molecule has 0 aliphatic heterocycles. The van der Waals surface area contributed by atoms with Gasteiger partial charge in [-0.1, -0.05) is 54.6 Å². The number of thiocarbonyl (C=S) groups is 1. The fraction of sp³-hybridized carbons (Fsp3) is 0.333. The molecular formula is C21H24N2O2S. The third-order valence-electron chi connectivity index (χ3n) is 4.55. The molecule has 0 radical (unpaired) electrons. The highest BCUT2D eigenvalue weighted by Crippen LogP contribution is 2.30. The van der Waals surface area contributed by atoms with Gasteiger partial charge in [-0.2, -0.15) is 0 Å². The Bertz CT molecular complexity index is 749. The Hall–Kier alpha value is -2.40. The molecule has 26 heavy (non-hydrogen) atoms. The van der Waals surface area contributed by atoms with Gasteiger partial charge in [-0.05, 0) is 48.2 Å². The van der Waals surface area contributed by atoms with Crippen LogP contribution in [0.2, 0.25) is 0 Å². The topological polar surface area (TPSA) is 50.4 Å². The molecule has 2 N–H and O–H groups in total. The Kier molecular flexibility index (Phi) is 6.61. The van der Waals surface area contributed by atoms with Gasteiger partial charge in [-0.15, -0.1) is 0 Å². The lowest BCUT2D eigenvalue weighted by Gasteiger charge is -2.17. The van der Waals surface area contributed by atoms with Gasteiger partial charge in [0.2, 0.25) is 0 Å². The van der Waals surface area contributed by atoms with Crippen LogP contribution in [0.25, 0.3) is 0 Å². The zero-order valence-electron chi connectivity index (χ0n) is 14.7. The lowest BCUT2D eigenvalue weighted by molar-refractivity contribution is -0.143. The van der Waals surface area contributed by atoms with Gasteiger partial charge in [0.15, 0.2) is 5.11 Å². The minimum atomic E-state index is -0.181. The fourth-order valence-corrected chi connectivity index (χ4v) is 3.45. The van der Waals surface area contributed by atoms with Gasteiger partial charge in [0.05, 0.1) is 12.6 Å². The number of ether oxygens (including phenoxy) is 1. The summed E-state index contributed by atoms with van der Waals surface area (Å²) in [6.45, 7) is 0.827. The zero-order valence-corrected chi connectivity index (χ0v) is 15.6. The SMILES string of the molecule is O=C(CCc1ccccc1)OCCNC(=S)NC1CCc2ccccc21. The highest BCUT2D eigenvalue weighted by atomic mass is 32.1. The van der Waals surface area contributed by atoms with E-state index in [-0.39, 0.29) is 12.0 Å². The quantitative estimate of drug-likeness (QED) is 0.446. The number of hydrogen-bond acceptors (Lipinski definition) is 3. The Labute approximate surface area is 160 Å². The van der Waals surface area contributed by atoms with E-state index >= 15 is 0 Å². The van der Waals surface area contributed by atoms with E-state index in [9.17, 15) is 4.79 Å². The normalized spacial score (nSPS) is 15.2. The van der Waals surface area contributed by atoms with E-state index in [2.05, 4.69) is 34.9 Å². The monoisotopic (exact) mass is 368 g/mol. The van der Waals surface area contributed by atoms with Crippen LogP contribution in [0.5, 0.6) is 0 Å². The summed E-state index contributed by atoms with van der Waals surface area (Å²) in [7, 11) is 0. The van der Waals surface area contributed by atoms with Crippen molar-refractivity contribution in [1.82, 2.24) is 10.6 Å². The number of aryl methyl sites for hydroxylation is 2. The van der Waals surface area contributed by atoms with Gasteiger partial charge >= 0.3 is 5.97 Å². The zero-order chi connectivity index (χ0) is 18.2. The van der Waals surface area contributed by atoms with Gasteiger partial charge in [-0.3, -0.25) is 4.79 Å². The summed E-state index contributed by atoms with van der Waals surface area (Å²) in [6, 6.07) is 18.7. The Balaban J connectivity index is 1.30. The summed E-state index contributed by atoms with van der Waals surface area (Å²) in [5, 5.41) is 7.07. The van der Waals surface area contributed by atoms with E-state index in [0.29, 0.717) is 31.1 Å². The van der Waals surface area contributed by atoms with Gasteiger partial charge in [0.1, 0.15) is 6.61 Å². The van der Waals surface area contributed by atoms with E-state index in [1.165, 1.54) is 11.1 Å². The van der Waals surface area contributed by atoms with Crippen molar-refractivity contribution < 1.29 is 9.53 Å². The molecular weight excluding hydrogens is 344 g/mol. The van der Waals surface area contributed by atoms with Crippen molar-refractivity contribution in [2.24, 2.45) is 0 Å². The van der Waals surface area contributed by atoms with Gasteiger partial charge in [-0.25, -0.2) is 0 Å². The molecule has 1 atom stereocenters. The maximum absolute atomic E-state index is 11.8. The second kappa shape index (κ2) is 9.34. The Morgan fingerprint density at radius 2 is 1.88 bits per heavy atom. The van der Waals surface area contributed by atoms with Crippen LogP contribution in [0, 0.1) is 0 Å². The number of rotatable bonds is 7. The largest absolute Gasteiger partial charge is 0.464 e. The van der Waals surface area contributed by atoms with Crippen molar-refractivity contribution in [3.8, 4) is 0 Å². The van der Waals surface area contributed by atoms with Crippen LogP contribution in [0.4, 0.5) is 0 Å². The summed E-state index contributed by atoms with van der Waals surface area (Å²) in [4.78, 5) is 11.8. The van der Waals surface area contributed by atoms with Crippen molar-refractivity contribution in [2.45, 2.75) is 31.7 Å². The molecule has 3 rings (SSSR count). The second-order valence-corrected chi connectivity index (χ2v) is 6.80. The maximum Gasteiger partial charge on any atom is 0.306 e. The molecule has 0 bridgehead atoms. The Morgan fingerprint density at radius 1 is 1.12 bits per heavy atom. The summed E-state index contributed by atoms with van der Waals surface area (Å²) in [6.07, 6.45) is 3.23. The number of hydrogen-bond donors (Lipinski definition) is 2. The standard InChI is InChI=1S/C21H24N2O2S/c24-20(13-10-16-6-2-1-3-7-16)25-15-14-22-21(26)23-19-12-11-17-8-4-5-9-18(17)19/h1-9,19H,10-15H2,(H2,22,23,26). The van der Waals surface area contributed by atoms with E-state index in [1.54, 1.807) is 0 Å². The average molecular weight is 369 g/mol. The van der Waals surface area contributed by atoms with Crippen molar-refractivity contribution in [3.63, 3.8) is 0 Å². The summed E-state index contributed by atoms with van der Waals surface area (Å²) in [5.74, 6) is -0.181. The van der Waals surface area contributed by atoms with E-state index in [1.807, 2.05) is 30.3 Å². The molecule has 0 spiro atoms. The molecule has 0 saturated carbocycles. The summed E-state index contributed by atoms with van der Waals surface area (Å²) < 4.78 is 5.25. The number of nitrogens with one attached hydrogen (secondary N) is 2. The molecule has 1 aliphatic rings. The smallest absolute Gasteiger partial charge is 0.306 e. The second-order valence-electron chi connectivity index (χ2n) is 6.40. The highest BCUT2D eigenvalue weighted by molar-refractivity contribution is 7.80. The molecule has 2 aromatic rings. The minimum absolute atomic E-state index is 0.181. The fourth-order valence-electron chi connectivity index (χ4n) is 3.21. The number of esters is 1. The van der Waals surface area contributed by atoms with Crippen molar-refractivity contribution in [3.05, 3.63) is 71.3 Å². The van der Waals surface area contributed by atoms with Crippen LogP contribution in [0.1, 0.15) is 35.6 Å². The van der Waals surface area contributed by atoms with Crippen LogP contribution in [0.15, 0.2) is 54.6 Å². The first-order valence-corrected chi connectivity index (χ1v) is 9.45. The average Bonchev–Trinajstić information content (AvgIpc) is 3.07. The molecule has 2 aromatic carbocycles. The first kappa shape index (κ1) is 18.4. The first-order valence-electron chi connectivity index (χ1n) is 9.04. The summed E-state index contributed by atoms with van der Waals surface area (Å²) >= 11 is 5.35. The molecule has 0 heterocycles. The van der Waals surface area contributed by atoms with Gasteiger partial charge in [0.25, 0.3) is 0 Å². The maximum atomic E-state index is 11.8. The Morgan fingerprint density at radius 3 is 2.73 bits per heavy atom. The molecule has 0 saturated heterocycles. The molecule has 0 fully saturated rings. The van der Waals surface area contributed by atoms with Crippen molar-refractivity contribution >= 4 is 23.3 Å². The molecule has 1 unspecified atom stereocenters. The number of carbonyl (C=O) groups is 1. The number of fused-ring (bicyclic) bond motifs is 1. The molecule has 1 aliphatic carbocycles. The van der Waals surface area contributed by atoms with Gasteiger partial charge in [0, 0.05) is 6.42 Å². The summed E-state index contributed by atoms with van der Waals surface area (Å²) in [5.41, 5.74) is 3.86. The van der Waals surface area contributed by atoms with E-state index in [4.69, 9.17) is 17.0 Å². The third-order valence-corrected chi connectivity index (χ3v) is 4.81. The third kappa shape index (κ3) is 5.30. The van der Waals surface area contributed by atoms with Crippen LogP contribution in [-0.4, -0.2) is 24.2 Å². The van der Waals surface area contributed by atoms with Crippen LogP contribution in [-0.2, 0) is 22.4 Å². The van der Waals surface area contributed by atoms with Crippen LogP contribution >= 0.6 is 12.2 Å². The highest BCUT2D eigenvalue weighted by Gasteiger charge is 2.22. The van der Waals surface area contributed by atoms with Crippen molar-refractivity contribution in [1.29, 1.82) is 0 Å².